The van der Waals surface area contributed by atoms with E-state index in [-0.39, 0.29) is 24.5 Å². The minimum Gasteiger partial charge on any atom is -0.302 e. The van der Waals surface area contributed by atoms with E-state index >= 15 is 0 Å². The van der Waals surface area contributed by atoms with Crippen molar-refractivity contribution in [2.75, 3.05) is 18.4 Å². The highest BCUT2D eigenvalue weighted by Crippen LogP contribution is 2.19. The molecule has 0 unspecified atom stereocenters. The number of carbonyl (C=O) groups excluding carboxylic acids is 2. The van der Waals surface area contributed by atoms with Gasteiger partial charge in [-0.25, -0.2) is 4.98 Å². The highest BCUT2D eigenvalue weighted by atomic mass is 32.1. The molecule has 1 N–H and O–H groups in total. The van der Waals surface area contributed by atoms with Crippen molar-refractivity contribution >= 4 is 28.2 Å². The third-order valence-corrected chi connectivity index (χ3v) is 5.36. The van der Waals surface area contributed by atoms with Crippen molar-refractivity contribution in [3.05, 3.63) is 47.0 Å². The molecule has 1 saturated heterocycles. The predicted molar refractivity (Wildman–Crippen MR) is 104 cm³/mol. The molecule has 0 aliphatic carbocycles. The molecule has 1 aromatic carbocycles. The molecule has 0 radical (unpaired) electrons. The summed E-state index contributed by atoms with van der Waals surface area (Å²) in [6.45, 7) is 3.10. The number of hydrogen-bond donors (Lipinski definition) is 1. The van der Waals surface area contributed by atoms with Gasteiger partial charge in [-0.2, -0.15) is 0 Å². The molecule has 1 aliphatic heterocycles. The lowest BCUT2D eigenvalue weighted by molar-refractivity contribution is -0.116. The molecule has 1 aliphatic rings. The van der Waals surface area contributed by atoms with Crippen LogP contribution >= 0.6 is 11.3 Å². The molecule has 0 bridgehead atoms. The number of thiazole rings is 1. The second kappa shape index (κ2) is 9.59. The maximum Gasteiger partial charge on any atom is 0.226 e. The SMILES string of the molecule is O=C(CCC(=O)c1ccccc1)Nc1nc(CN2CCCCCC2)cs1. The molecule has 3 rings (SSSR count). The van der Waals surface area contributed by atoms with Crippen molar-refractivity contribution in [1.29, 1.82) is 0 Å². The fourth-order valence-electron chi connectivity index (χ4n) is 3.14. The van der Waals surface area contributed by atoms with E-state index in [9.17, 15) is 9.59 Å². The Morgan fingerprint density at radius 3 is 2.50 bits per heavy atom. The first-order chi connectivity index (χ1) is 12.7. The van der Waals surface area contributed by atoms with Crippen LogP contribution in [0.5, 0.6) is 0 Å². The first kappa shape index (κ1) is 18.7. The highest BCUT2D eigenvalue weighted by Gasteiger charge is 2.13. The highest BCUT2D eigenvalue weighted by molar-refractivity contribution is 7.13. The lowest BCUT2D eigenvalue weighted by atomic mass is 10.1. The molecule has 2 heterocycles. The van der Waals surface area contributed by atoms with Gasteiger partial charge >= 0.3 is 0 Å². The van der Waals surface area contributed by atoms with Crippen LogP contribution in [0.3, 0.4) is 0 Å². The predicted octanol–water partition coefficient (Wildman–Crippen LogP) is 4.12. The normalized spacial score (nSPS) is 15.4. The summed E-state index contributed by atoms with van der Waals surface area (Å²) in [4.78, 5) is 31.1. The lowest BCUT2D eigenvalue weighted by Gasteiger charge is -2.17. The number of ketones is 1. The van der Waals surface area contributed by atoms with E-state index in [0.29, 0.717) is 10.7 Å². The smallest absolute Gasteiger partial charge is 0.226 e. The van der Waals surface area contributed by atoms with E-state index < -0.39 is 0 Å². The van der Waals surface area contributed by atoms with Gasteiger partial charge in [0.25, 0.3) is 0 Å². The van der Waals surface area contributed by atoms with Gasteiger partial charge in [-0.1, -0.05) is 43.2 Å². The quantitative estimate of drug-likeness (QED) is 0.744. The third kappa shape index (κ3) is 5.75. The van der Waals surface area contributed by atoms with Crippen molar-refractivity contribution in [3.63, 3.8) is 0 Å². The van der Waals surface area contributed by atoms with Crippen LogP contribution in [0.4, 0.5) is 5.13 Å². The van der Waals surface area contributed by atoms with Gasteiger partial charge in [0.2, 0.25) is 5.91 Å². The molecule has 1 aromatic heterocycles. The second-order valence-electron chi connectivity index (χ2n) is 6.67. The Morgan fingerprint density at radius 2 is 1.77 bits per heavy atom. The number of likely N-dealkylation sites (tertiary alicyclic amines) is 1. The zero-order chi connectivity index (χ0) is 18.2. The number of aromatic nitrogens is 1. The van der Waals surface area contributed by atoms with Crippen LogP contribution in [0.1, 0.15) is 54.6 Å². The molecule has 1 amide bonds. The molecular formula is C20H25N3O2S. The van der Waals surface area contributed by atoms with E-state index in [0.717, 1.165) is 25.3 Å². The average Bonchev–Trinajstić information content (AvgIpc) is 2.93. The van der Waals surface area contributed by atoms with Crippen LogP contribution in [0, 0.1) is 0 Å². The second-order valence-corrected chi connectivity index (χ2v) is 7.53. The van der Waals surface area contributed by atoms with Gasteiger partial charge in [-0.05, 0) is 25.9 Å². The van der Waals surface area contributed by atoms with Crippen molar-refractivity contribution in [1.82, 2.24) is 9.88 Å². The fourth-order valence-corrected chi connectivity index (χ4v) is 3.86. The molecule has 0 atom stereocenters. The van der Waals surface area contributed by atoms with Crippen LogP contribution in [-0.4, -0.2) is 34.7 Å². The number of anilines is 1. The van der Waals surface area contributed by atoms with Gasteiger partial charge in [-0.15, -0.1) is 11.3 Å². The number of benzene rings is 1. The molecule has 5 nitrogen and oxygen atoms in total. The van der Waals surface area contributed by atoms with Crippen LogP contribution in [0.25, 0.3) is 0 Å². The van der Waals surface area contributed by atoms with Gasteiger partial charge in [0.05, 0.1) is 5.69 Å². The summed E-state index contributed by atoms with van der Waals surface area (Å²) in [6, 6.07) is 9.07. The summed E-state index contributed by atoms with van der Waals surface area (Å²) in [6.07, 6.45) is 5.52. The molecule has 2 aromatic rings. The van der Waals surface area contributed by atoms with E-state index in [1.807, 2.05) is 23.6 Å². The van der Waals surface area contributed by atoms with E-state index in [1.165, 1.54) is 37.0 Å². The Balaban J connectivity index is 1.44. The summed E-state index contributed by atoms with van der Waals surface area (Å²) < 4.78 is 0. The van der Waals surface area contributed by atoms with Crippen LogP contribution in [-0.2, 0) is 11.3 Å². The summed E-state index contributed by atoms with van der Waals surface area (Å²) in [5.41, 5.74) is 1.65. The van der Waals surface area contributed by atoms with Crippen molar-refractivity contribution in [2.45, 2.75) is 45.1 Å². The average molecular weight is 372 g/mol. The van der Waals surface area contributed by atoms with E-state index in [2.05, 4.69) is 15.2 Å². The van der Waals surface area contributed by atoms with Gasteiger partial charge in [-0.3, -0.25) is 14.5 Å². The Morgan fingerprint density at radius 1 is 1.04 bits per heavy atom. The van der Waals surface area contributed by atoms with Crippen molar-refractivity contribution < 1.29 is 9.59 Å². The van der Waals surface area contributed by atoms with Crippen LogP contribution in [0.2, 0.25) is 0 Å². The standard InChI is InChI=1S/C20H25N3O2S/c24-18(16-8-4-3-5-9-16)10-11-19(25)22-20-21-17(15-26-20)14-23-12-6-1-2-7-13-23/h3-5,8-9,15H,1-2,6-7,10-14H2,(H,21,22,25). The first-order valence-corrected chi connectivity index (χ1v) is 10.1. The zero-order valence-corrected chi connectivity index (χ0v) is 15.8. The Bertz CT molecular complexity index is 722. The van der Waals surface area contributed by atoms with E-state index in [1.54, 1.807) is 12.1 Å². The molecule has 1 fully saturated rings. The number of rotatable bonds is 7. The largest absolute Gasteiger partial charge is 0.302 e. The first-order valence-electron chi connectivity index (χ1n) is 9.25. The molecule has 138 valence electrons. The fraction of sp³-hybridized carbons (Fsp3) is 0.450. The minimum absolute atomic E-state index is 0.0123. The molecule has 26 heavy (non-hydrogen) atoms. The number of nitrogens with one attached hydrogen (secondary N) is 1. The third-order valence-electron chi connectivity index (χ3n) is 4.56. The topological polar surface area (TPSA) is 62.3 Å². The number of Topliss-reactive ketones (excluding diaryl/α,β-unsaturated/α-hetero) is 1. The van der Waals surface area contributed by atoms with Gasteiger partial charge < -0.3 is 5.32 Å². The number of nitrogens with zero attached hydrogens (tertiary/aromatic N) is 2. The van der Waals surface area contributed by atoms with Gasteiger partial charge in [0, 0.05) is 30.3 Å². The molecular weight excluding hydrogens is 346 g/mol. The minimum atomic E-state index is -0.162. The van der Waals surface area contributed by atoms with Crippen LogP contribution < -0.4 is 5.32 Å². The Kier molecular flexibility index (Phi) is 6.91. The number of amides is 1. The van der Waals surface area contributed by atoms with Gasteiger partial charge in [0.15, 0.2) is 10.9 Å². The van der Waals surface area contributed by atoms with Crippen molar-refractivity contribution in [2.24, 2.45) is 0 Å². The monoisotopic (exact) mass is 371 g/mol. The Labute approximate surface area is 158 Å². The van der Waals surface area contributed by atoms with E-state index in [4.69, 9.17) is 0 Å². The summed E-state index contributed by atoms with van der Waals surface area (Å²) in [7, 11) is 0. The maximum absolute atomic E-state index is 12.1. The summed E-state index contributed by atoms with van der Waals surface area (Å²) in [5, 5.41) is 5.44. The Hall–Kier alpha value is -2.05. The summed E-state index contributed by atoms with van der Waals surface area (Å²) in [5.74, 6) is -0.174. The maximum atomic E-state index is 12.1. The summed E-state index contributed by atoms with van der Waals surface area (Å²) >= 11 is 1.45. The number of carbonyl (C=O) groups is 2. The molecule has 6 heteroatoms. The van der Waals surface area contributed by atoms with Crippen LogP contribution in [0.15, 0.2) is 35.7 Å². The molecule has 0 spiro atoms. The lowest BCUT2D eigenvalue weighted by Crippen LogP contribution is -2.24. The number of hydrogen-bond acceptors (Lipinski definition) is 5. The van der Waals surface area contributed by atoms with Gasteiger partial charge in [0.1, 0.15) is 0 Å². The zero-order valence-electron chi connectivity index (χ0n) is 14.9. The molecule has 0 saturated carbocycles. The van der Waals surface area contributed by atoms with Crippen molar-refractivity contribution in [3.8, 4) is 0 Å².